The summed E-state index contributed by atoms with van der Waals surface area (Å²) in [5, 5.41) is 0. The molecule has 12 heavy (non-hydrogen) atoms. The van der Waals surface area contributed by atoms with Crippen molar-refractivity contribution in [1.82, 2.24) is 4.90 Å². The zero-order chi connectivity index (χ0) is 8.97. The summed E-state index contributed by atoms with van der Waals surface area (Å²) in [4.78, 5) is 2.64. The number of hydrogen-bond acceptors (Lipinski definition) is 1. The molecular formula is C11H23N. The molecule has 0 amide bonds. The van der Waals surface area contributed by atoms with Crippen molar-refractivity contribution < 1.29 is 0 Å². The van der Waals surface area contributed by atoms with E-state index in [1.165, 1.54) is 38.9 Å². The van der Waals surface area contributed by atoms with Crippen LogP contribution < -0.4 is 0 Å². The Kier molecular flexibility index (Phi) is 4.07. The van der Waals surface area contributed by atoms with Crippen LogP contribution in [0, 0.1) is 11.8 Å². The number of hydrogen-bond donors (Lipinski definition) is 0. The SMILES string of the molecule is CCCN1CC(CC)C(CC)C1. The van der Waals surface area contributed by atoms with Crippen molar-refractivity contribution in [3.05, 3.63) is 0 Å². The lowest BCUT2D eigenvalue weighted by atomic mass is 9.92. The molecule has 1 saturated heterocycles. The molecule has 0 N–H and O–H groups in total. The van der Waals surface area contributed by atoms with Crippen LogP contribution in [0.5, 0.6) is 0 Å². The molecule has 0 aliphatic carbocycles. The van der Waals surface area contributed by atoms with Crippen LogP contribution in [-0.2, 0) is 0 Å². The first-order valence-electron chi connectivity index (χ1n) is 5.54. The lowest BCUT2D eigenvalue weighted by Gasteiger charge is -2.13. The highest BCUT2D eigenvalue weighted by Gasteiger charge is 2.29. The molecule has 0 aromatic heterocycles. The average Bonchev–Trinajstić information content (AvgIpc) is 2.48. The molecule has 1 rings (SSSR count). The van der Waals surface area contributed by atoms with Crippen molar-refractivity contribution in [3.63, 3.8) is 0 Å². The number of nitrogens with zero attached hydrogens (tertiary/aromatic N) is 1. The molecule has 1 heteroatoms. The van der Waals surface area contributed by atoms with Crippen LogP contribution in [-0.4, -0.2) is 24.5 Å². The van der Waals surface area contributed by atoms with Gasteiger partial charge in [-0.3, -0.25) is 0 Å². The van der Waals surface area contributed by atoms with E-state index in [0.29, 0.717) is 0 Å². The summed E-state index contributed by atoms with van der Waals surface area (Å²) in [6.45, 7) is 11.0. The Labute approximate surface area is 77.1 Å². The molecule has 0 aromatic carbocycles. The third-order valence-electron chi connectivity index (χ3n) is 3.24. The van der Waals surface area contributed by atoms with Gasteiger partial charge < -0.3 is 4.90 Å². The summed E-state index contributed by atoms with van der Waals surface area (Å²) >= 11 is 0. The van der Waals surface area contributed by atoms with Gasteiger partial charge in [-0.2, -0.15) is 0 Å². The molecule has 0 spiro atoms. The molecule has 2 unspecified atom stereocenters. The fraction of sp³-hybridized carbons (Fsp3) is 1.00. The van der Waals surface area contributed by atoms with Crippen molar-refractivity contribution >= 4 is 0 Å². The second-order valence-corrected chi connectivity index (χ2v) is 4.10. The van der Waals surface area contributed by atoms with Gasteiger partial charge in [-0.05, 0) is 24.8 Å². The Balaban J connectivity index is 2.36. The molecule has 1 nitrogen and oxygen atoms in total. The molecule has 0 bridgehead atoms. The van der Waals surface area contributed by atoms with Gasteiger partial charge in [0.2, 0.25) is 0 Å². The number of rotatable bonds is 4. The minimum atomic E-state index is 0.988. The van der Waals surface area contributed by atoms with Gasteiger partial charge in [-0.1, -0.05) is 33.6 Å². The molecule has 72 valence electrons. The Morgan fingerprint density at radius 3 is 1.83 bits per heavy atom. The van der Waals surface area contributed by atoms with E-state index in [4.69, 9.17) is 0 Å². The summed E-state index contributed by atoms with van der Waals surface area (Å²) < 4.78 is 0. The minimum absolute atomic E-state index is 0.988. The van der Waals surface area contributed by atoms with Crippen molar-refractivity contribution in [2.45, 2.75) is 40.0 Å². The largest absolute Gasteiger partial charge is 0.303 e. The predicted octanol–water partition coefficient (Wildman–Crippen LogP) is 2.76. The van der Waals surface area contributed by atoms with Gasteiger partial charge in [0.15, 0.2) is 0 Å². The van der Waals surface area contributed by atoms with Crippen LogP contribution in [0.4, 0.5) is 0 Å². The monoisotopic (exact) mass is 169 g/mol. The fourth-order valence-corrected chi connectivity index (χ4v) is 2.46. The van der Waals surface area contributed by atoms with Gasteiger partial charge in [-0.15, -0.1) is 0 Å². The normalized spacial score (nSPS) is 31.2. The maximum atomic E-state index is 2.64. The quantitative estimate of drug-likeness (QED) is 0.625. The third-order valence-corrected chi connectivity index (χ3v) is 3.24. The first-order chi connectivity index (χ1) is 5.81. The van der Waals surface area contributed by atoms with E-state index in [1.807, 2.05) is 0 Å². The minimum Gasteiger partial charge on any atom is -0.303 e. The second kappa shape index (κ2) is 4.86. The van der Waals surface area contributed by atoms with Crippen LogP contribution in [0.15, 0.2) is 0 Å². The third kappa shape index (κ3) is 2.22. The smallest absolute Gasteiger partial charge is 0.00128 e. The zero-order valence-corrected chi connectivity index (χ0v) is 8.84. The molecule has 0 saturated carbocycles. The maximum absolute atomic E-state index is 2.64. The lowest BCUT2D eigenvalue weighted by Crippen LogP contribution is -2.21. The highest BCUT2D eigenvalue weighted by Crippen LogP contribution is 2.28. The van der Waals surface area contributed by atoms with Gasteiger partial charge >= 0.3 is 0 Å². The van der Waals surface area contributed by atoms with Crippen LogP contribution in [0.3, 0.4) is 0 Å². The molecule has 1 aliphatic heterocycles. The predicted molar refractivity (Wildman–Crippen MR) is 54.3 cm³/mol. The topological polar surface area (TPSA) is 3.24 Å². The summed E-state index contributed by atoms with van der Waals surface area (Å²) in [7, 11) is 0. The highest BCUT2D eigenvalue weighted by atomic mass is 15.1. The van der Waals surface area contributed by atoms with Crippen LogP contribution in [0.2, 0.25) is 0 Å². The summed E-state index contributed by atoms with van der Waals surface area (Å²) in [5.74, 6) is 1.98. The maximum Gasteiger partial charge on any atom is 0.00128 e. The van der Waals surface area contributed by atoms with Gasteiger partial charge in [0, 0.05) is 13.1 Å². The standard InChI is InChI=1S/C11H23N/c1-4-7-12-8-10(5-2)11(6-3)9-12/h10-11H,4-9H2,1-3H3. The molecule has 0 aromatic rings. The summed E-state index contributed by atoms with van der Waals surface area (Å²) in [6, 6.07) is 0. The van der Waals surface area contributed by atoms with E-state index in [-0.39, 0.29) is 0 Å². The van der Waals surface area contributed by atoms with E-state index < -0.39 is 0 Å². The first kappa shape index (κ1) is 10.0. The fourth-order valence-electron chi connectivity index (χ4n) is 2.46. The molecule has 1 heterocycles. The van der Waals surface area contributed by atoms with Gasteiger partial charge in [-0.25, -0.2) is 0 Å². The Hall–Kier alpha value is -0.0400. The molecule has 2 atom stereocenters. The molecular weight excluding hydrogens is 146 g/mol. The second-order valence-electron chi connectivity index (χ2n) is 4.10. The lowest BCUT2D eigenvalue weighted by molar-refractivity contribution is 0.320. The average molecular weight is 169 g/mol. The van der Waals surface area contributed by atoms with Crippen molar-refractivity contribution in [2.75, 3.05) is 19.6 Å². The highest BCUT2D eigenvalue weighted by molar-refractivity contribution is 4.81. The molecule has 0 radical (unpaired) electrons. The molecule has 1 aliphatic rings. The number of likely N-dealkylation sites (tertiary alicyclic amines) is 1. The van der Waals surface area contributed by atoms with E-state index in [9.17, 15) is 0 Å². The van der Waals surface area contributed by atoms with E-state index in [0.717, 1.165) is 11.8 Å². The van der Waals surface area contributed by atoms with Gasteiger partial charge in [0.25, 0.3) is 0 Å². The van der Waals surface area contributed by atoms with Crippen molar-refractivity contribution in [3.8, 4) is 0 Å². The zero-order valence-electron chi connectivity index (χ0n) is 8.84. The summed E-state index contributed by atoms with van der Waals surface area (Å²) in [6.07, 6.45) is 4.06. The van der Waals surface area contributed by atoms with Gasteiger partial charge in [0.1, 0.15) is 0 Å². The van der Waals surface area contributed by atoms with Crippen molar-refractivity contribution in [1.29, 1.82) is 0 Å². The van der Waals surface area contributed by atoms with Crippen LogP contribution in [0.1, 0.15) is 40.0 Å². The summed E-state index contributed by atoms with van der Waals surface area (Å²) in [5.41, 5.74) is 0. The van der Waals surface area contributed by atoms with Crippen LogP contribution >= 0.6 is 0 Å². The Morgan fingerprint density at radius 1 is 1.00 bits per heavy atom. The van der Waals surface area contributed by atoms with E-state index in [2.05, 4.69) is 25.7 Å². The Morgan fingerprint density at radius 2 is 1.50 bits per heavy atom. The van der Waals surface area contributed by atoms with E-state index in [1.54, 1.807) is 0 Å². The van der Waals surface area contributed by atoms with Gasteiger partial charge in [0.05, 0.1) is 0 Å². The van der Waals surface area contributed by atoms with E-state index >= 15 is 0 Å². The van der Waals surface area contributed by atoms with Crippen molar-refractivity contribution in [2.24, 2.45) is 11.8 Å². The van der Waals surface area contributed by atoms with Crippen LogP contribution in [0.25, 0.3) is 0 Å². The first-order valence-corrected chi connectivity index (χ1v) is 5.54. The Bertz CT molecular complexity index is 110. The molecule has 1 fully saturated rings.